The van der Waals surface area contributed by atoms with Crippen molar-refractivity contribution in [3.05, 3.63) is 66.0 Å². The molecule has 1 atom stereocenters. The monoisotopic (exact) mass is 251 g/mol. The van der Waals surface area contributed by atoms with Gasteiger partial charge in [-0.3, -0.25) is 0 Å². The summed E-state index contributed by atoms with van der Waals surface area (Å²) in [6.07, 6.45) is 1.86. The van der Waals surface area contributed by atoms with Gasteiger partial charge >= 0.3 is 0 Å². The average Bonchev–Trinajstić information content (AvgIpc) is 2.82. The second kappa shape index (κ2) is 4.86. The van der Waals surface area contributed by atoms with Gasteiger partial charge in [-0.25, -0.2) is 4.98 Å². The van der Waals surface area contributed by atoms with Gasteiger partial charge in [-0.15, -0.1) is 0 Å². The van der Waals surface area contributed by atoms with Gasteiger partial charge in [0.1, 0.15) is 0 Å². The van der Waals surface area contributed by atoms with E-state index in [-0.39, 0.29) is 6.04 Å². The van der Waals surface area contributed by atoms with Crippen LogP contribution in [0.3, 0.4) is 0 Å². The van der Waals surface area contributed by atoms with Crippen molar-refractivity contribution >= 4 is 11.0 Å². The second-order valence-corrected chi connectivity index (χ2v) is 4.91. The van der Waals surface area contributed by atoms with E-state index >= 15 is 0 Å². The Bertz CT molecular complexity index is 700. The summed E-state index contributed by atoms with van der Waals surface area (Å²) >= 11 is 0. The third kappa shape index (κ3) is 2.37. The van der Waals surface area contributed by atoms with E-state index < -0.39 is 0 Å². The number of para-hydroxylation sites is 2. The molecular weight excluding hydrogens is 234 g/mol. The number of hydrogen-bond donors (Lipinski definition) is 1. The lowest BCUT2D eigenvalue weighted by atomic mass is 10.1. The topological polar surface area (TPSA) is 43.8 Å². The maximum Gasteiger partial charge on any atom is 0.0958 e. The molecule has 2 aromatic carbocycles. The first-order valence-corrected chi connectivity index (χ1v) is 6.46. The number of benzene rings is 2. The molecule has 3 heteroatoms. The summed E-state index contributed by atoms with van der Waals surface area (Å²) in [4.78, 5) is 4.39. The van der Waals surface area contributed by atoms with E-state index in [1.54, 1.807) is 0 Å². The molecule has 3 nitrogen and oxygen atoms in total. The third-order valence-electron chi connectivity index (χ3n) is 3.39. The summed E-state index contributed by atoms with van der Waals surface area (Å²) in [5, 5.41) is 0. The van der Waals surface area contributed by atoms with E-state index in [2.05, 4.69) is 46.8 Å². The molecule has 1 aromatic heterocycles. The lowest BCUT2D eigenvalue weighted by molar-refractivity contribution is 0.588. The predicted molar refractivity (Wildman–Crippen MR) is 77.8 cm³/mol. The van der Waals surface area contributed by atoms with Crippen molar-refractivity contribution in [3.63, 3.8) is 0 Å². The number of imidazole rings is 1. The Morgan fingerprint density at radius 3 is 2.84 bits per heavy atom. The van der Waals surface area contributed by atoms with E-state index in [1.807, 2.05) is 24.5 Å². The van der Waals surface area contributed by atoms with Crippen LogP contribution in [-0.2, 0) is 6.54 Å². The summed E-state index contributed by atoms with van der Waals surface area (Å²) in [6, 6.07) is 16.5. The van der Waals surface area contributed by atoms with Crippen molar-refractivity contribution < 1.29 is 0 Å². The molecule has 0 aliphatic rings. The maximum atomic E-state index is 6.30. The number of nitrogens with two attached hydrogens (primary N) is 1. The van der Waals surface area contributed by atoms with Gasteiger partial charge in [-0.05, 0) is 24.6 Å². The van der Waals surface area contributed by atoms with Gasteiger partial charge in [0.15, 0.2) is 0 Å². The van der Waals surface area contributed by atoms with Crippen LogP contribution in [0.5, 0.6) is 0 Å². The highest BCUT2D eigenvalue weighted by Gasteiger charge is 2.09. The van der Waals surface area contributed by atoms with Gasteiger partial charge in [0.25, 0.3) is 0 Å². The van der Waals surface area contributed by atoms with Gasteiger partial charge in [0.05, 0.1) is 17.4 Å². The highest BCUT2D eigenvalue weighted by atomic mass is 15.1. The van der Waals surface area contributed by atoms with Gasteiger partial charge in [0.2, 0.25) is 0 Å². The molecule has 0 aliphatic heterocycles. The van der Waals surface area contributed by atoms with E-state index in [0.29, 0.717) is 0 Å². The molecule has 0 fully saturated rings. The average molecular weight is 251 g/mol. The SMILES string of the molecule is Cc1cccc(C(N)Cn2cnc3ccccc32)c1. The molecule has 19 heavy (non-hydrogen) atoms. The van der Waals surface area contributed by atoms with Gasteiger partial charge < -0.3 is 10.3 Å². The molecule has 0 aliphatic carbocycles. The van der Waals surface area contributed by atoms with Crippen LogP contribution < -0.4 is 5.73 Å². The van der Waals surface area contributed by atoms with Crippen molar-refractivity contribution in [2.24, 2.45) is 5.73 Å². The number of aromatic nitrogens is 2. The van der Waals surface area contributed by atoms with E-state index in [9.17, 15) is 0 Å². The van der Waals surface area contributed by atoms with Crippen LogP contribution in [-0.4, -0.2) is 9.55 Å². The number of rotatable bonds is 3. The van der Waals surface area contributed by atoms with Crippen LogP contribution in [0.4, 0.5) is 0 Å². The number of fused-ring (bicyclic) bond motifs is 1. The Balaban J connectivity index is 1.89. The lowest BCUT2D eigenvalue weighted by Gasteiger charge is -2.14. The van der Waals surface area contributed by atoms with Crippen LogP contribution in [0.15, 0.2) is 54.9 Å². The Morgan fingerprint density at radius 2 is 2.00 bits per heavy atom. The Hall–Kier alpha value is -2.13. The molecule has 2 N–H and O–H groups in total. The van der Waals surface area contributed by atoms with Gasteiger partial charge in [0, 0.05) is 12.6 Å². The van der Waals surface area contributed by atoms with Crippen LogP contribution in [0, 0.1) is 6.92 Å². The van der Waals surface area contributed by atoms with E-state index in [4.69, 9.17) is 5.73 Å². The first kappa shape index (κ1) is 11.9. The molecule has 3 aromatic rings. The molecular formula is C16H17N3. The number of hydrogen-bond acceptors (Lipinski definition) is 2. The van der Waals surface area contributed by atoms with Gasteiger partial charge in [-0.1, -0.05) is 42.0 Å². The minimum Gasteiger partial charge on any atom is -0.329 e. The number of aryl methyl sites for hydroxylation is 1. The minimum atomic E-state index is -0.0162. The van der Waals surface area contributed by atoms with Crippen LogP contribution in [0.25, 0.3) is 11.0 Å². The first-order chi connectivity index (χ1) is 9.24. The fourth-order valence-electron chi connectivity index (χ4n) is 2.37. The smallest absolute Gasteiger partial charge is 0.0958 e. The molecule has 96 valence electrons. The minimum absolute atomic E-state index is 0.0162. The molecule has 0 spiro atoms. The van der Waals surface area contributed by atoms with Crippen LogP contribution in [0.1, 0.15) is 17.2 Å². The second-order valence-electron chi connectivity index (χ2n) is 4.91. The van der Waals surface area contributed by atoms with Gasteiger partial charge in [-0.2, -0.15) is 0 Å². The fraction of sp³-hybridized carbons (Fsp3) is 0.188. The molecule has 0 amide bonds. The summed E-state index contributed by atoms with van der Waals surface area (Å²) in [6.45, 7) is 2.83. The Morgan fingerprint density at radius 1 is 1.16 bits per heavy atom. The maximum absolute atomic E-state index is 6.30. The van der Waals surface area contributed by atoms with E-state index in [1.165, 1.54) is 5.56 Å². The van der Waals surface area contributed by atoms with Crippen molar-refractivity contribution in [1.29, 1.82) is 0 Å². The quantitative estimate of drug-likeness (QED) is 0.777. The zero-order chi connectivity index (χ0) is 13.2. The standard InChI is InChI=1S/C16H17N3/c1-12-5-4-6-13(9-12)14(17)10-19-11-18-15-7-2-3-8-16(15)19/h2-9,11,14H,10,17H2,1H3. The normalized spacial score (nSPS) is 12.7. The first-order valence-electron chi connectivity index (χ1n) is 6.46. The third-order valence-corrected chi connectivity index (χ3v) is 3.39. The molecule has 0 saturated carbocycles. The van der Waals surface area contributed by atoms with Crippen LogP contribution >= 0.6 is 0 Å². The van der Waals surface area contributed by atoms with E-state index in [0.717, 1.165) is 23.1 Å². The fourth-order valence-corrected chi connectivity index (χ4v) is 2.37. The molecule has 1 heterocycles. The molecule has 0 saturated heterocycles. The molecule has 3 rings (SSSR count). The highest BCUT2D eigenvalue weighted by Crippen LogP contribution is 2.18. The van der Waals surface area contributed by atoms with Crippen molar-refractivity contribution in [1.82, 2.24) is 9.55 Å². The van der Waals surface area contributed by atoms with Crippen molar-refractivity contribution in [2.75, 3.05) is 0 Å². The Kier molecular flexibility index (Phi) is 3.05. The predicted octanol–water partition coefficient (Wildman–Crippen LogP) is 3.04. The highest BCUT2D eigenvalue weighted by molar-refractivity contribution is 5.74. The summed E-state index contributed by atoms with van der Waals surface area (Å²) in [5.41, 5.74) is 10.8. The summed E-state index contributed by atoms with van der Waals surface area (Å²) < 4.78 is 2.11. The number of nitrogens with zero attached hydrogens (tertiary/aromatic N) is 2. The summed E-state index contributed by atoms with van der Waals surface area (Å²) in [7, 11) is 0. The van der Waals surface area contributed by atoms with Crippen LogP contribution in [0.2, 0.25) is 0 Å². The Labute approximate surface area is 112 Å². The molecule has 1 unspecified atom stereocenters. The summed E-state index contributed by atoms with van der Waals surface area (Å²) in [5.74, 6) is 0. The largest absolute Gasteiger partial charge is 0.329 e. The molecule has 0 radical (unpaired) electrons. The molecule has 0 bridgehead atoms. The zero-order valence-corrected chi connectivity index (χ0v) is 11.0. The van der Waals surface area contributed by atoms with Crippen molar-refractivity contribution in [3.8, 4) is 0 Å². The van der Waals surface area contributed by atoms with Crippen molar-refractivity contribution in [2.45, 2.75) is 19.5 Å². The lowest BCUT2D eigenvalue weighted by Crippen LogP contribution is -2.17. The zero-order valence-electron chi connectivity index (χ0n) is 11.0.